The summed E-state index contributed by atoms with van der Waals surface area (Å²) in [5, 5.41) is 3.07. The minimum Gasteiger partial charge on any atom is -0.473 e. The van der Waals surface area contributed by atoms with Crippen molar-refractivity contribution >= 4 is 16.6 Å². The Labute approximate surface area is 170 Å². The molecule has 0 amide bonds. The zero-order valence-corrected chi connectivity index (χ0v) is 16.9. The lowest BCUT2D eigenvalue weighted by atomic mass is 9.97. The number of likely N-dealkylation sites (N-methyl/N-ethyl adjacent to an activating group) is 1. The number of fused-ring (bicyclic) bond motifs is 1. The van der Waals surface area contributed by atoms with Gasteiger partial charge in [0.2, 0.25) is 5.88 Å². The Hall–Kier alpha value is -3.00. The fourth-order valence-corrected chi connectivity index (χ4v) is 3.01. The van der Waals surface area contributed by atoms with Crippen LogP contribution in [0.4, 0.5) is 4.39 Å². The Morgan fingerprint density at radius 1 is 1.38 bits per heavy atom. The second-order valence-corrected chi connectivity index (χ2v) is 7.30. The molecule has 7 nitrogen and oxygen atoms in total. The Morgan fingerprint density at radius 2 is 2.17 bits per heavy atom. The third kappa shape index (κ3) is 5.08. The van der Waals surface area contributed by atoms with Crippen molar-refractivity contribution in [2.24, 2.45) is 5.73 Å². The van der Waals surface area contributed by atoms with Crippen LogP contribution in [0, 0.1) is 0 Å². The molecule has 1 unspecified atom stereocenters. The van der Waals surface area contributed by atoms with Crippen molar-refractivity contribution in [3.8, 4) is 5.88 Å². The first-order valence-corrected chi connectivity index (χ1v) is 9.53. The van der Waals surface area contributed by atoms with Gasteiger partial charge in [-0.15, -0.1) is 0 Å². The molecule has 1 atom stereocenters. The van der Waals surface area contributed by atoms with Gasteiger partial charge in [0.25, 0.3) is 0 Å². The number of piperidine rings is 1. The number of hydrogen-bond acceptors (Lipinski definition) is 7. The highest BCUT2D eigenvalue weighted by Gasteiger charge is 2.33. The van der Waals surface area contributed by atoms with Crippen molar-refractivity contribution in [1.29, 1.82) is 0 Å². The first-order valence-electron chi connectivity index (χ1n) is 9.53. The fourth-order valence-electron chi connectivity index (χ4n) is 3.01. The predicted molar refractivity (Wildman–Crippen MR) is 113 cm³/mol. The van der Waals surface area contributed by atoms with E-state index >= 15 is 0 Å². The highest BCUT2D eigenvalue weighted by Crippen LogP contribution is 2.28. The summed E-state index contributed by atoms with van der Waals surface area (Å²) in [6, 6.07) is 1.78. The number of nitrogens with two attached hydrogens (primary N) is 1. The number of hydrogen-bond donors (Lipinski definition) is 2. The number of pyridine rings is 1. The van der Waals surface area contributed by atoms with Crippen LogP contribution in [0.2, 0.25) is 0 Å². The summed E-state index contributed by atoms with van der Waals surface area (Å²) in [6.07, 6.45) is 9.48. The molecule has 8 heteroatoms. The first-order chi connectivity index (χ1) is 13.9. The van der Waals surface area contributed by atoms with Gasteiger partial charge in [-0.3, -0.25) is 4.98 Å². The molecule has 0 spiro atoms. The number of ether oxygens (including phenoxy) is 1. The zero-order chi connectivity index (χ0) is 20.9. The van der Waals surface area contributed by atoms with Gasteiger partial charge in [0.1, 0.15) is 6.61 Å². The molecule has 29 heavy (non-hydrogen) atoms. The molecule has 0 radical (unpaired) electrons. The molecule has 2 aromatic heterocycles. The SMILES string of the molecule is C=C(/C=C\C(=C/N)c1cc2nccnc2c(OCC2(F)CCCNC2)n1)N(C)C. The van der Waals surface area contributed by atoms with Gasteiger partial charge in [0.05, 0.1) is 11.2 Å². The van der Waals surface area contributed by atoms with Crippen LogP contribution < -0.4 is 15.8 Å². The fraction of sp³-hybridized carbons (Fsp3) is 0.381. The van der Waals surface area contributed by atoms with E-state index in [9.17, 15) is 4.39 Å². The molecule has 0 saturated carbocycles. The zero-order valence-electron chi connectivity index (χ0n) is 16.9. The van der Waals surface area contributed by atoms with Gasteiger partial charge in [-0.05, 0) is 37.6 Å². The molecule has 3 heterocycles. The molecule has 1 saturated heterocycles. The standard InChI is InChI=1S/C21H27FN6O/c1-15(28(2)3)5-6-16(12-23)17-11-18-19(26-10-9-25-18)20(27-17)29-14-21(22)7-4-8-24-13-21/h5-6,9-12,24H,1,4,7-8,13-14,23H2,2-3H3/b6-5-,16-12+. The average molecular weight is 398 g/mol. The van der Waals surface area contributed by atoms with Gasteiger partial charge in [-0.2, -0.15) is 0 Å². The molecule has 0 aromatic carbocycles. The number of allylic oxidation sites excluding steroid dienone is 3. The Bertz CT molecular complexity index is 934. The van der Waals surface area contributed by atoms with Crippen LogP contribution in [0.25, 0.3) is 16.6 Å². The van der Waals surface area contributed by atoms with Crippen molar-refractivity contribution < 1.29 is 9.13 Å². The topological polar surface area (TPSA) is 89.2 Å². The lowest BCUT2D eigenvalue weighted by Crippen LogP contribution is -2.46. The number of aromatic nitrogens is 3. The van der Waals surface area contributed by atoms with E-state index in [2.05, 4.69) is 26.8 Å². The summed E-state index contributed by atoms with van der Waals surface area (Å²) in [6.45, 7) is 4.95. The quantitative estimate of drug-likeness (QED) is 0.693. The van der Waals surface area contributed by atoms with Crippen LogP contribution in [0.5, 0.6) is 5.88 Å². The van der Waals surface area contributed by atoms with E-state index in [0.717, 1.165) is 18.7 Å². The molecule has 3 rings (SSSR count). The van der Waals surface area contributed by atoms with Crippen molar-refractivity contribution in [2.75, 3.05) is 33.8 Å². The molecule has 3 N–H and O–H groups in total. The summed E-state index contributed by atoms with van der Waals surface area (Å²) in [5.74, 6) is 0.243. The monoisotopic (exact) mass is 398 g/mol. The van der Waals surface area contributed by atoms with E-state index < -0.39 is 5.67 Å². The Kier molecular flexibility index (Phi) is 6.43. The summed E-state index contributed by atoms with van der Waals surface area (Å²) in [7, 11) is 3.81. The molecular formula is C21H27FN6O. The van der Waals surface area contributed by atoms with E-state index in [1.165, 1.54) is 6.20 Å². The lowest BCUT2D eigenvalue weighted by Gasteiger charge is -2.29. The maximum absolute atomic E-state index is 15.0. The van der Waals surface area contributed by atoms with Gasteiger partial charge in [0, 0.05) is 50.5 Å². The van der Waals surface area contributed by atoms with Gasteiger partial charge in [0.15, 0.2) is 11.2 Å². The highest BCUT2D eigenvalue weighted by atomic mass is 19.1. The number of rotatable bonds is 7. The van der Waals surface area contributed by atoms with Crippen LogP contribution >= 0.6 is 0 Å². The summed E-state index contributed by atoms with van der Waals surface area (Å²) in [4.78, 5) is 15.1. The maximum atomic E-state index is 15.0. The van der Waals surface area contributed by atoms with Crippen LogP contribution in [0.3, 0.4) is 0 Å². The smallest absolute Gasteiger partial charge is 0.242 e. The van der Waals surface area contributed by atoms with Crippen LogP contribution in [-0.4, -0.2) is 59.3 Å². The number of halogens is 1. The maximum Gasteiger partial charge on any atom is 0.242 e. The van der Waals surface area contributed by atoms with Crippen LogP contribution in [0.1, 0.15) is 18.5 Å². The average Bonchev–Trinajstić information content (AvgIpc) is 2.72. The van der Waals surface area contributed by atoms with Gasteiger partial charge < -0.3 is 20.7 Å². The van der Waals surface area contributed by atoms with Crippen LogP contribution in [-0.2, 0) is 0 Å². The van der Waals surface area contributed by atoms with Crippen molar-refractivity contribution in [1.82, 2.24) is 25.2 Å². The minimum absolute atomic E-state index is 0.100. The predicted octanol–water partition coefficient (Wildman–Crippen LogP) is 2.43. The number of nitrogens with one attached hydrogen (secondary N) is 1. The summed E-state index contributed by atoms with van der Waals surface area (Å²) < 4.78 is 20.8. The van der Waals surface area contributed by atoms with E-state index in [1.54, 1.807) is 18.5 Å². The second-order valence-electron chi connectivity index (χ2n) is 7.30. The van der Waals surface area contributed by atoms with Crippen molar-refractivity contribution in [3.63, 3.8) is 0 Å². The molecule has 0 bridgehead atoms. The largest absolute Gasteiger partial charge is 0.473 e. The normalized spacial score (nSPS) is 20.2. The van der Waals surface area contributed by atoms with Gasteiger partial charge >= 0.3 is 0 Å². The Balaban J connectivity index is 1.92. The molecular weight excluding hydrogens is 371 g/mol. The summed E-state index contributed by atoms with van der Waals surface area (Å²) >= 11 is 0. The minimum atomic E-state index is -1.43. The molecule has 2 aromatic rings. The number of alkyl halides is 1. The third-order valence-corrected chi connectivity index (χ3v) is 4.82. The Morgan fingerprint density at radius 3 is 2.86 bits per heavy atom. The van der Waals surface area contributed by atoms with Gasteiger partial charge in [-0.1, -0.05) is 6.58 Å². The second kappa shape index (κ2) is 9.00. The van der Waals surface area contributed by atoms with Crippen molar-refractivity contribution in [2.45, 2.75) is 18.5 Å². The van der Waals surface area contributed by atoms with Crippen molar-refractivity contribution in [3.05, 3.63) is 54.8 Å². The summed E-state index contributed by atoms with van der Waals surface area (Å²) in [5.41, 5.74) is 7.53. The molecule has 154 valence electrons. The molecule has 0 aliphatic carbocycles. The lowest BCUT2D eigenvalue weighted by molar-refractivity contribution is 0.0579. The molecule has 1 aliphatic heterocycles. The third-order valence-electron chi connectivity index (χ3n) is 4.82. The van der Waals surface area contributed by atoms with Gasteiger partial charge in [-0.25, -0.2) is 14.4 Å². The molecule has 1 aliphatic rings. The first kappa shape index (κ1) is 20.7. The van der Waals surface area contributed by atoms with E-state index in [4.69, 9.17) is 10.5 Å². The molecule has 1 fully saturated rings. The van der Waals surface area contributed by atoms with E-state index in [0.29, 0.717) is 28.7 Å². The van der Waals surface area contributed by atoms with E-state index in [-0.39, 0.29) is 19.0 Å². The highest BCUT2D eigenvalue weighted by molar-refractivity contribution is 5.84. The number of nitrogens with zero attached hydrogens (tertiary/aromatic N) is 4. The van der Waals surface area contributed by atoms with Crippen LogP contribution in [0.15, 0.2) is 49.1 Å². The van der Waals surface area contributed by atoms with E-state index in [1.807, 2.05) is 31.1 Å².